The molecule has 2 aromatic rings. The predicted molar refractivity (Wildman–Crippen MR) is 78.1 cm³/mol. The lowest BCUT2D eigenvalue weighted by molar-refractivity contribution is 0.605. The lowest BCUT2D eigenvalue weighted by Gasteiger charge is -2.04. The van der Waals surface area contributed by atoms with Crippen LogP contribution in [0.4, 0.5) is 0 Å². The fraction of sp³-hybridized carbons (Fsp3) is 0.385. The highest BCUT2D eigenvalue weighted by atomic mass is 35.5. The second-order valence-electron chi connectivity index (χ2n) is 4.12. The summed E-state index contributed by atoms with van der Waals surface area (Å²) in [5.41, 5.74) is 1.64. The van der Waals surface area contributed by atoms with Gasteiger partial charge in [0.15, 0.2) is 5.58 Å². The van der Waals surface area contributed by atoms with Crippen LogP contribution in [0.1, 0.15) is 18.9 Å². The van der Waals surface area contributed by atoms with E-state index in [0.717, 1.165) is 36.9 Å². The summed E-state index contributed by atoms with van der Waals surface area (Å²) in [6, 6.07) is 1.61. The molecular weight excluding hydrogens is 293 g/mol. The molecule has 0 bridgehead atoms. The number of rotatable bonds is 5. The van der Waals surface area contributed by atoms with E-state index in [0.29, 0.717) is 20.7 Å². The molecule has 0 aliphatic carbocycles. The van der Waals surface area contributed by atoms with Crippen LogP contribution in [0.25, 0.3) is 11.0 Å². The van der Waals surface area contributed by atoms with Crippen molar-refractivity contribution in [2.75, 3.05) is 13.1 Å². The smallest absolute Gasteiger partial charge is 0.154 e. The molecule has 0 saturated carbocycles. The minimum atomic E-state index is 0.457. The zero-order valence-electron chi connectivity index (χ0n) is 10.0. The Balaban J connectivity index is 2.29. The van der Waals surface area contributed by atoms with E-state index in [9.17, 15) is 0 Å². The van der Waals surface area contributed by atoms with E-state index in [2.05, 4.69) is 12.2 Å². The number of fused-ring (bicyclic) bond motifs is 1. The standard InChI is InChI=1S/C13H14Cl3NO/c1-2-4-17-5-3-8-7-18-13-10(15)6-9(14)12(16)11(8)13/h6-7,17H,2-5H2,1H3. The van der Waals surface area contributed by atoms with Gasteiger partial charge in [0.1, 0.15) is 0 Å². The van der Waals surface area contributed by atoms with Gasteiger partial charge in [-0.15, -0.1) is 0 Å². The van der Waals surface area contributed by atoms with E-state index in [1.54, 1.807) is 12.3 Å². The summed E-state index contributed by atoms with van der Waals surface area (Å²) >= 11 is 18.3. The molecule has 1 aromatic heterocycles. The zero-order chi connectivity index (χ0) is 13.1. The Labute approximate surface area is 121 Å². The Bertz CT molecular complexity index is 551. The summed E-state index contributed by atoms with van der Waals surface area (Å²) in [4.78, 5) is 0. The van der Waals surface area contributed by atoms with Crippen LogP contribution in [0.5, 0.6) is 0 Å². The monoisotopic (exact) mass is 305 g/mol. The lowest BCUT2D eigenvalue weighted by Crippen LogP contribution is -2.17. The molecule has 0 aliphatic rings. The third-order valence-corrected chi connectivity index (χ3v) is 3.83. The van der Waals surface area contributed by atoms with Crippen molar-refractivity contribution in [2.24, 2.45) is 0 Å². The minimum absolute atomic E-state index is 0.457. The fourth-order valence-electron chi connectivity index (χ4n) is 1.88. The first-order valence-corrected chi connectivity index (χ1v) is 7.02. The molecule has 0 atom stereocenters. The van der Waals surface area contributed by atoms with E-state index in [-0.39, 0.29) is 0 Å². The molecule has 1 aromatic carbocycles. The average Bonchev–Trinajstić information content (AvgIpc) is 2.76. The Morgan fingerprint density at radius 2 is 1.94 bits per heavy atom. The molecular formula is C13H14Cl3NO. The van der Waals surface area contributed by atoms with Crippen LogP contribution in [0.2, 0.25) is 15.1 Å². The van der Waals surface area contributed by atoms with Gasteiger partial charge in [0.05, 0.1) is 21.3 Å². The molecule has 18 heavy (non-hydrogen) atoms. The van der Waals surface area contributed by atoms with Gasteiger partial charge in [-0.05, 0) is 32.0 Å². The highest BCUT2D eigenvalue weighted by molar-refractivity contribution is 6.47. The molecule has 0 fully saturated rings. The predicted octanol–water partition coefficient (Wildman–Crippen LogP) is 4.94. The molecule has 2 rings (SSSR count). The Morgan fingerprint density at radius 1 is 1.17 bits per heavy atom. The third kappa shape index (κ3) is 2.77. The topological polar surface area (TPSA) is 25.2 Å². The summed E-state index contributed by atoms with van der Waals surface area (Å²) in [5, 5.41) is 5.62. The average molecular weight is 307 g/mol. The van der Waals surface area contributed by atoms with Crippen molar-refractivity contribution in [3.05, 3.63) is 33.0 Å². The molecule has 0 unspecified atom stereocenters. The summed E-state index contributed by atoms with van der Waals surface area (Å²) in [7, 11) is 0. The molecule has 1 N–H and O–H groups in total. The molecule has 0 radical (unpaired) electrons. The first kappa shape index (κ1) is 14.0. The van der Waals surface area contributed by atoms with E-state index >= 15 is 0 Å². The summed E-state index contributed by atoms with van der Waals surface area (Å²) in [5.74, 6) is 0. The van der Waals surface area contributed by atoms with Gasteiger partial charge in [-0.25, -0.2) is 0 Å². The van der Waals surface area contributed by atoms with E-state index in [4.69, 9.17) is 39.2 Å². The molecule has 0 spiro atoms. The second-order valence-corrected chi connectivity index (χ2v) is 5.31. The summed E-state index contributed by atoms with van der Waals surface area (Å²) in [6.45, 7) is 4.02. The molecule has 1 heterocycles. The number of hydrogen-bond acceptors (Lipinski definition) is 2. The molecule has 98 valence electrons. The molecule has 0 amide bonds. The maximum Gasteiger partial charge on any atom is 0.154 e. The van der Waals surface area contributed by atoms with Crippen molar-refractivity contribution in [1.29, 1.82) is 0 Å². The SMILES string of the molecule is CCCNCCc1coc2c(Cl)cc(Cl)c(Cl)c12. The van der Waals surface area contributed by atoms with Crippen molar-refractivity contribution in [3.8, 4) is 0 Å². The Kier molecular flexibility index (Phi) is 4.79. The molecule has 5 heteroatoms. The van der Waals surface area contributed by atoms with Crippen molar-refractivity contribution in [1.82, 2.24) is 5.32 Å². The number of halogens is 3. The number of furan rings is 1. The van der Waals surface area contributed by atoms with E-state index in [1.165, 1.54) is 0 Å². The van der Waals surface area contributed by atoms with Gasteiger partial charge in [-0.2, -0.15) is 0 Å². The Hall–Kier alpha value is -0.410. The first-order chi connectivity index (χ1) is 8.65. The summed E-state index contributed by atoms with van der Waals surface area (Å²) < 4.78 is 5.47. The van der Waals surface area contributed by atoms with Gasteiger partial charge in [-0.1, -0.05) is 41.7 Å². The number of nitrogens with one attached hydrogen (secondary N) is 1. The van der Waals surface area contributed by atoms with Crippen molar-refractivity contribution in [2.45, 2.75) is 19.8 Å². The van der Waals surface area contributed by atoms with Gasteiger partial charge in [0.25, 0.3) is 0 Å². The van der Waals surface area contributed by atoms with Crippen molar-refractivity contribution < 1.29 is 4.42 Å². The van der Waals surface area contributed by atoms with Crippen LogP contribution in [-0.4, -0.2) is 13.1 Å². The quantitative estimate of drug-likeness (QED) is 0.625. The largest absolute Gasteiger partial charge is 0.462 e. The van der Waals surface area contributed by atoms with Crippen molar-refractivity contribution in [3.63, 3.8) is 0 Å². The third-order valence-electron chi connectivity index (χ3n) is 2.76. The van der Waals surface area contributed by atoms with Gasteiger partial charge in [0, 0.05) is 10.9 Å². The van der Waals surface area contributed by atoms with Gasteiger partial charge in [-0.3, -0.25) is 0 Å². The maximum atomic E-state index is 6.21. The van der Waals surface area contributed by atoms with Crippen LogP contribution in [0, 0.1) is 0 Å². The number of benzene rings is 1. The van der Waals surface area contributed by atoms with E-state index in [1.807, 2.05) is 0 Å². The normalized spacial score (nSPS) is 11.3. The highest BCUT2D eigenvalue weighted by Gasteiger charge is 2.15. The van der Waals surface area contributed by atoms with Gasteiger partial charge in [0.2, 0.25) is 0 Å². The van der Waals surface area contributed by atoms with Crippen molar-refractivity contribution >= 4 is 45.8 Å². The molecule has 0 saturated heterocycles. The molecule has 0 aliphatic heterocycles. The minimum Gasteiger partial charge on any atom is -0.462 e. The van der Waals surface area contributed by atoms with Crippen LogP contribution in [0.15, 0.2) is 16.7 Å². The van der Waals surface area contributed by atoms with Crippen LogP contribution in [-0.2, 0) is 6.42 Å². The van der Waals surface area contributed by atoms with Gasteiger partial charge >= 0.3 is 0 Å². The van der Waals surface area contributed by atoms with Gasteiger partial charge < -0.3 is 9.73 Å². The number of hydrogen-bond donors (Lipinski definition) is 1. The lowest BCUT2D eigenvalue weighted by atomic mass is 10.1. The second kappa shape index (κ2) is 6.16. The van der Waals surface area contributed by atoms with Crippen LogP contribution < -0.4 is 5.32 Å². The first-order valence-electron chi connectivity index (χ1n) is 5.89. The Morgan fingerprint density at radius 3 is 2.67 bits per heavy atom. The van der Waals surface area contributed by atoms with Crippen LogP contribution in [0.3, 0.4) is 0 Å². The van der Waals surface area contributed by atoms with Crippen LogP contribution >= 0.6 is 34.8 Å². The molecule has 2 nitrogen and oxygen atoms in total. The van der Waals surface area contributed by atoms with E-state index < -0.39 is 0 Å². The fourth-order valence-corrected chi connectivity index (χ4v) is 2.65. The highest BCUT2D eigenvalue weighted by Crippen LogP contribution is 2.38. The summed E-state index contributed by atoms with van der Waals surface area (Å²) in [6.07, 6.45) is 3.65. The zero-order valence-corrected chi connectivity index (χ0v) is 12.3. The maximum absolute atomic E-state index is 6.21.